The molecule has 4 rings (SSSR count). The number of nitrogens with two attached hydrogens (primary N) is 1. The lowest BCUT2D eigenvalue weighted by Gasteiger charge is -2.43. The number of hydrogen-bond donors (Lipinski definition) is 1. The monoisotopic (exact) mass is 427 g/mol. The Bertz CT molecular complexity index is 935. The second-order valence-electron chi connectivity index (χ2n) is 7.67. The summed E-state index contributed by atoms with van der Waals surface area (Å²) in [6.45, 7) is 5.04. The number of ether oxygens (including phenoxy) is 4. The van der Waals surface area contributed by atoms with E-state index in [0.717, 1.165) is 25.3 Å². The molecule has 2 fully saturated rings. The first-order valence-electron chi connectivity index (χ1n) is 10.5. The molecular weight excluding hydrogens is 398 g/mol. The topological polar surface area (TPSA) is 86.5 Å². The number of fused-ring (bicyclic) bond motifs is 1. The molecule has 2 saturated heterocycles. The summed E-state index contributed by atoms with van der Waals surface area (Å²) < 4.78 is 22.6. The van der Waals surface area contributed by atoms with Gasteiger partial charge in [0, 0.05) is 38.3 Å². The molecule has 0 bridgehead atoms. The van der Waals surface area contributed by atoms with Crippen LogP contribution in [0, 0.1) is 0 Å². The van der Waals surface area contributed by atoms with E-state index in [1.807, 2.05) is 23.1 Å². The first-order valence-corrected chi connectivity index (χ1v) is 10.5. The number of methoxy groups -OCH3 is 2. The van der Waals surface area contributed by atoms with Crippen molar-refractivity contribution < 1.29 is 23.7 Å². The zero-order valence-electron chi connectivity index (χ0n) is 18.0. The second-order valence-corrected chi connectivity index (χ2v) is 7.67. The zero-order chi connectivity index (χ0) is 21.8. The van der Waals surface area contributed by atoms with Crippen molar-refractivity contribution in [2.45, 2.75) is 12.6 Å². The van der Waals surface area contributed by atoms with E-state index >= 15 is 0 Å². The van der Waals surface area contributed by atoms with E-state index in [9.17, 15) is 4.79 Å². The highest BCUT2D eigenvalue weighted by molar-refractivity contribution is 5.95. The van der Waals surface area contributed by atoms with Gasteiger partial charge >= 0.3 is 0 Å². The van der Waals surface area contributed by atoms with Gasteiger partial charge in [-0.25, -0.2) is 0 Å². The van der Waals surface area contributed by atoms with Crippen LogP contribution in [-0.4, -0.2) is 75.4 Å². The zero-order valence-corrected chi connectivity index (χ0v) is 18.0. The van der Waals surface area contributed by atoms with Crippen LogP contribution in [0.1, 0.15) is 15.9 Å². The minimum atomic E-state index is -0.0139. The van der Waals surface area contributed by atoms with E-state index in [1.165, 1.54) is 0 Å². The Morgan fingerprint density at radius 3 is 2.52 bits per heavy atom. The van der Waals surface area contributed by atoms with Crippen molar-refractivity contribution in [2.75, 3.05) is 53.6 Å². The summed E-state index contributed by atoms with van der Waals surface area (Å²) in [6.07, 6.45) is 0. The number of amides is 1. The van der Waals surface area contributed by atoms with Crippen LogP contribution in [0.15, 0.2) is 36.4 Å². The lowest BCUT2D eigenvalue weighted by atomic mass is 10.1. The fraction of sp³-hybridized carbons (Fsp3) is 0.435. The van der Waals surface area contributed by atoms with Crippen LogP contribution in [-0.2, 0) is 11.3 Å². The summed E-state index contributed by atoms with van der Waals surface area (Å²) in [5.41, 5.74) is 7.22. The van der Waals surface area contributed by atoms with E-state index in [2.05, 4.69) is 4.90 Å². The van der Waals surface area contributed by atoms with Gasteiger partial charge in [-0.05, 0) is 35.9 Å². The van der Waals surface area contributed by atoms with Crippen molar-refractivity contribution in [3.05, 3.63) is 47.5 Å². The Labute approximate surface area is 182 Å². The van der Waals surface area contributed by atoms with Crippen LogP contribution >= 0.6 is 0 Å². The summed E-state index contributed by atoms with van der Waals surface area (Å²) in [6, 6.07) is 11.0. The molecule has 0 radical (unpaired) electrons. The highest BCUT2D eigenvalue weighted by Crippen LogP contribution is 2.37. The van der Waals surface area contributed by atoms with Gasteiger partial charge in [0.15, 0.2) is 23.0 Å². The predicted molar refractivity (Wildman–Crippen MR) is 116 cm³/mol. The summed E-state index contributed by atoms with van der Waals surface area (Å²) in [5, 5.41) is 0. The van der Waals surface area contributed by atoms with Gasteiger partial charge in [-0.1, -0.05) is 6.07 Å². The Morgan fingerprint density at radius 2 is 1.77 bits per heavy atom. The Kier molecular flexibility index (Phi) is 6.60. The van der Waals surface area contributed by atoms with Crippen LogP contribution in [0.25, 0.3) is 0 Å². The molecule has 0 saturated carbocycles. The lowest BCUT2D eigenvalue weighted by molar-refractivity contribution is -0.0395. The molecule has 0 aromatic heterocycles. The minimum Gasteiger partial charge on any atom is -0.493 e. The van der Waals surface area contributed by atoms with Gasteiger partial charge in [-0.2, -0.15) is 0 Å². The molecule has 2 aromatic rings. The molecule has 1 unspecified atom stereocenters. The summed E-state index contributed by atoms with van der Waals surface area (Å²) in [7, 11) is 3.14. The molecule has 1 amide bonds. The number of hydrogen-bond acceptors (Lipinski definition) is 7. The van der Waals surface area contributed by atoms with Crippen LogP contribution in [0.5, 0.6) is 23.0 Å². The maximum Gasteiger partial charge on any atom is 0.254 e. The number of benzene rings is 2. The highest BCUT2D eigenvalue weighted by Gasteiger charge is 2.32. The maximum absolute atomic E-state index is 13.1. The fourth-order valence-electron chi connectivity index (χ4n) is 4.04. The van der Waals surface area contributed by atoms with Crippen molar-refractivity contribution in [1.29, 1.82) is 0 Å². The van der Waals surface area contributed by atoms with E-state index in [-0.39, 0.29) is 11.9 Å². The van der Waals surface area contributed by atoms with Gasteiger partial charge in [0.25, 0.3) is 5.91 Å². The number of carbonyl (C=O) groups is 1. The summed E-state index contributed by atoms with van der Waals surface area (Å²) >= 11 is 0. The van der Waals surface area contributed by atoms with Gasteiger partial charge in [0.2, 0.25) is 0 Å². The molecule has 2 aromatic carbocycles. The van der Waals surface area contributed by atoms with Crippen LogP contribution in [0.4, 0.5) is 0 Å². The van der Waals surface area contributed by atoms with Gasteiger partial charge in [-0.15, -0.1) is 0 Å². The van der Waals surface area contributed by atoms with Crippen LogP contribution < -0.4 is 19.9 Å². The Balaban J connectivity index is 1.51. The van der Waals surface area contributed by atoms with E-state index in [0.29, 0.717) is 54.8 Å². The third kappa shape index (κ3) is 4.61. The van der Waals surface area contributed by atoms with Crippen LogP contribution in [0.3, 0.4) is 0 Å². The van der Waals surface area contributed by atoms with Gasteiger partial charge in [0.1, 0.15) is 0 Å². The van der Waals surface area contributed by atoms with Crippen molar-refractivity contribution in [2.24, 2.45) is 5.73 Å². The molecule has 2 aliphatic rings. The summed E-state index contributed by atoms with van der Waals surface area (Å²) in [5.74, 6) is 2.10. The number of rotatable bonds is 6. The molecule has 2 aliphatic heterocycles. The normalized spacial score (nSPS) is 18.9. The first-order chi connectivity index (χ1) is 15.1. The molecule has 0 aliphatic carbocycles. The van der Waals surface area contributed by atoms with Crippen molar-refractivity contribution in [3.63, 3.8) is 0 Å². The largest absolute Gasteiger partial charge is 0.493 e. The molecule has 2 N–H and O–H groups in total. The lowest BCUT2D eigenvalue weighted by Crippen LogP contribution is -2.59. The van der Waals surface area contributed by atoms with Gasteiger partial charge in [0.05, 0.1) is 33.5 Å². The highest BCUT2D eigenvalue weighted by atomic mass is 16.5. The van der Waals surface area contributed by atoms with E-state index in [4.69, 9.17) is 24.7 Å². The standard InChI is InChI=1S/C23H29N3O5/c1-28-21-11-16(13-24)3-5-19(21)31-20-6-4-17(12-22(20)29-2)23(27)26-8-7-25-9-10-30-15-18(25)14-26/h3-6,11-12,18H,7-10,13-15,24H2,1-2H3. The molecule has 8 nitrogen and oxygen atoms in total. The molecule has 1 atom stereocenters. The first kappa shape index (κ1) is 21.4. The third-order valence-electron chi connectivity index (χ3n) is 5.82. The third-order valence-corrected chi connectivity index (χ3v) is 5.82. The molecular formula is C23H29N3O5. The fourth-order valence-corrected chi connectivity index (χ4v) is 4.04. The van der Waals surface area contributed by atoms with Gasteiger partial charge < -0.3 is 29.6 Å². The average molecular weight is 428 g/mol. The van der Waals surface area contributed by atoms with Gasteiger partial charge in [-0.3, -0.25) is 9.69 Å². The SMILES string of the molecule is COc1cc(CN)ccc1Oc1ccc(C(=O)N2CCN3CCOCC3C2)cc1OC. The molecule has 2 heterocycles. The molecule has 8 heteroatoms. The van der Waals surface area contributed by atoms with Crippen molar-refractivity contribution in [1.82, 2.24) is 9.80 Å². The Morgan fingerprint density at radius 1 is 1.03 bits per heavy atom. The summed E-state index contributed by atoms with van der Waals surface area (Å²) in [4.78, 5) is 17.4. The smallest absolute Gasteiger partial charge is 0.254 e. The number of carbonyl (C=O) groups excluding carboxylic acids is 1. The van der Waals surface area contributed by atoms with Crippen molar-refractivity contribution in [3.8, 4) is 23.0 Å². The maximum atomic E-state index is 13.1. The minimum absolute atomic E-state index is 0.0139. The van der Waals surface area contributed by atoms with E-state index < -0.39 is 0 Å². The number of piperazine rings is 1. The molecule has 31 heavy (non-hydrogen) atoms. The predicted octanol–water partition coefficient (Wildman–Crippen LogP) is 2.11. The second kappa shape index (κ2) is 9.55. The quantitative estimate of drug-likeness (QED) is 0.756. The number of nitrogens with zero attached hydrogens (tertiary/aromatic N) is 2. The molecule has 166 valence electrons. The average Bonchev–Trinajstić information content (AvgIpc) is 2.83. The van der Waals surface area contributed by atoms with Crippen LogP contribution in [0.2, 0.25) is 0 Å². The van der Waals surface area contributed by atoms with E-state index in [1.54, 1.807) is 32.4 Å². The number of morpholine rings is 1. The van der Waals surface area contributed by atoms with Crippen molar-refractivity contribution >= 4 is 5.91 Å². The Hall–Kier alpha value is -2.81. The molecule has 0 spiro atoms.